The minimum absolute atomic E-state index is 0.217. The Morgan fingerprint density at radius 3 is 2.35 bits per heavy atom. The molecule has 0 bridgehead atoms. The summed E-state index contributed by atoms with van der Waals surface area (Å²) >= 11 is 0. The number of aromatic nitrogens is 1. The van der Waals surface area contributed by atoms with Crippen molar-refractivity contribution in [1.29, 1.82) is 0 Å². The molecule has 2 heterocycles. The van der Waals surface area contributed by atoms with E-state index in [2.05, 4.69) is 4.98 Å². The van der Waals surface area contributed by atoms with Crippen LogP contribution in [-0.2, 0) is 9.31 Å². The summed E-state index contributed by atoms with van der Waals surface area (Å²) < 4.78 is 18.3. The van der Waals surface area contributed by atoms with Crippen LogP contribution in [0.1, 0.15) is 52.1 Å². The maximum Gasteiger partial charge on any atom is 0.494 e. The number of hydrogen-bond acceptors (Lipinski definition) is 5. The summed E-state index contributed by atoms with van der Waals surface area (Å²) in [4.78, 5) is 4.52. The van der Waals surface area contributed by atoms with Gasteiger partial charge in [0.05, 0.1) is 22.6 Å². The molecule has 1 fully saturated rings. The van der Waals surface area contributed by atoms with E-state index in [1.54, 1.807) is 0 Å². The number of rotatable bonds is 4. The predicted molar refractivity (Wildman–Crippen MR) is 105 cm³/mol. The van der Waals surface area contributed by atoms with Gasteiger partial charge in [0.25, 0.3) is 0 Å². The molecule has 3 rings (SSSR count). The Morgan fingerprint density at radius 1 is 1.08 bits per heavy atom. The summed E-state index contributed by atoms with van der Waals surface area (Å²) in [5.74, 6) is 0.605. The summed E-state index contributed by atoms with van der Waals surface area (Å²) in [5.41, 5.74) is 8.63. The van der Waals surface area contributed by atoms with Crippen LogP contribution in [-0.4, -0.2) is 23.3 Å². The Morgan fingerprint density at radius 2 is 1.73 bits per heavy atom. The lowest BCUT2D eigenvalue weighted by molar-refractivity contribution is 0.00578. The molecule has 0 unspecified atom stereocenters. The van der Waals surface area contributed by atoms with Crippen LogP contribution in [0.3, 0.4) is 0 Å². The van der Waals surface area contributed by atoms with Crippen LogP contribution >= 0.6 is 0 Å². The summed E-state index contributed by atoms with van der Waals surface area (Å²) in [6.45, 7) is 12.1. The van der Waals surface area contributed by atoms with Gasteiger partial charge in [-0.3, -0.25) is 4.98 Å². The Bertz CT molecular complexity index is 791. The number of nitrogens with two attached hydrogens (primary N) is 1. The molecule has 5 nitrogen and oxygen atoms in total. The zero-order valence-corrected chi connectivity index (χ0v) is 16.4. The van der Waals surface area contributed by atoms with Crippen molar-refractivity contribution in [2.24, 2.45) is 0 Å². The SMILES string of the molecule is Cc1cccc([C@H](C)Oc2cc(B3OC(C)(C)C(C)(C)O3)ccc2N)n1. The fourth-order valence-corrected chi connectivity index (χ4v) is 2.82. The van der Waals surface area contributed by atoms with Crippen LogP contribution < -0.4 is 15.9 Å². The second-order valence-corrected chi connectivity index (χ2v) is 7.85. The van der Waals surface area contributed by atoms with Gasteiger partial charge in [0, 0.05) is 5.69 Å². The van der Waals surface area contributed by atoms with Gasteiger partial charge >= 0.3 is 7.12 Å². The van der Waals surface area contributed by atoms with Gasteiger partial charge in [0.1, 0.15) is 11.9 Å². The minimum Gasteiger partial charge on any atom is -0.482 e. The Hall–Kier alpha value is -2.05. The van der Waals surface area contributed by atoms with E-state index < -0.39 is 18.3 Å². The van der Waals surface area contributed by atoms with E-state index >= 15 is 0 Å². The molecule has 1 aromatic heterocycles. The van der Waals surface area contributed by atoms with Gasteiger partial charge in [0.2, 0.25) is 0 Å². The number of pyridine rings is 1. The first-order valence-electron chi connectivity index (χ1n) is 8.94. The van der Waals surface area contributed by atoms with E-state index in [0.29, 0.717) is 11.4 Å². The number of hydrogen-bond donors (Lipinski definition) is 1. The molecule has 6 heteroatoms. The second kappa shape index (κ2) is 6.60. The summed E-state index contributed by atoms with van der Waals surface area (Å²) in [7, 11) is -0.449. The highest BCUT2D eigenvalue weighted by atomic mass is 16.7. The molecule has 2 N–H and O–H groups in total. The van der Waals surface area contributed by atoms with Gasteiger partial charge in [-0.05, 0) is 71.3 Å². The number of nitrogens with zero attached hydrogens (tertiary/aromatic N) is 1. The van der Waals surface area contributed by atoms with Crippen molar-refractivity contribution in [3.05, 3.63) is 47.8 Å². The van der Waals surface area contributed by atoms with Gasteiger partial charge in [-0.1, -0.05) is 12.1 Å². The molecule has 138 valence electrons. The van der Waals surface area contributed by atoms with Crippen LogP contribution in [0.5, 0.6) is 5.75 Å². The molecule has 1 atom stereocenters. The third-order valence-corrected chi connectivity index (χ3v) is 5.19. The topological polar surface area (TPSA) is 66.6 Å². The van der Waals surface area contributed by atoms with E-state index in [0.717, 1.165) is 16.9 Å². The van der Waals surface area contributed by atoms with E-state index in [1.807, 2.05) is 77.9 Å². The fourth-order valence-electron chi connectivity index (χ4n) is 2.82. The van der Waals surface area contributed by atoms with Crippen molar-refractivity contribution in [1.82, 2.24) is 4.98 Å². The lowest BCUT2D eigenvalue weighted by atomic mass is 9.79. The molecule has 0 spiro atoms. The first kappa shape index (κ1) is 18.7. The monoisotopic (exact) mass is 354 g/mol. The summed E-state index contributed by atoms with van der Waals surface area (Å²) in [6.07, 6.45) is -0.217. The van der Waals surface area contributed by atoms with Crippen molar-refractivity contribution in [3.8, 4) is 5.75 Å². The average molecular weight is 354 g/mol. The molecule has 1 saturated heterocycles. The first-order valence-corrected chi connectivity index (χ1v) is 8.94. The van der Waals surface area contributed by atoms with Gasteiger partial charge in [-0.15, -0.1) is 0 Å². The van der Waals surface area contributed by atoms with Crippen LogP contribution in [0.2, 0.25) is 0 Å². The zero-order valence-electron chi connectivity index (χ0n) is 16.4. The Labute approximate surface area is 156 Å². The number of ether oxygens (including phenoxy) is 1. The maximum atomic E-state index is 6.12. The largest absolute Gasteiger partial charge is 0.494 e. The van der Waals surface area contributed by atoms with Crippen molar-refractivity contribution >= 4 is 18.3 Å². The normalized spacial score (nSPS) is 19.4. The van der Waals surface area contributed by atoms with Gasteiger partial charge < -0.3 is 19.8 Å². The van der Waals surface area contributed by atoms with E-state index in [-0.39, 0.29) is 6.10 Å². The smallest absolute Gasteiger partial charge is 0.482 e. The molecule has 0 amide bonds. The molecule has 2 aromatic rings. The highest BCUT2D eigenvalue weighted by Gasteiger charge is 2.51. The van der Waals surface area contributed by atoms with E-state index in [4.69, 9.17) is 19.8 Å². The molecule has 0 aliphatic carbocycles. The molecule has 0 saturated carbocycles. The van der Waals surface area contributed by atoms with Crippen molar-refractivity contribution in [2.45, 2.75) is 58.8 Å². The molecule has 0 radical (unpaired) electrons. The maximum absolute atomic E-state index is 6.12. The molecular formula is C20H27BN2O3. The average Bonchev–Trinajstić information content (AvgIpc) is 2.77. The number of anilines is 1. The van der Waals surface area contributed by atoms with Crippen LogP contribution in [0.4, 0.5) is 5.69 Å². The highest BCUT2D eigenvalue weighted by Crippen LogP contribution is 2.37. The fraction of sp³-hybridized carbons (Fsp3) is 0.450. The number of benzene rings is 1. The molecule has 1 aliphatic heterocycles. The Balaban J connectivity index is 1.83. The molecular weight excluding hydrogens is 327 g/mol. The van der Waals surface area contributed by atoms with Crippen LogP contribution in [0.15, 0.2) is 36.4 Å². The second-order valence-electron chi connectivity index (χ2n) is 7.85. The van der Waals surface area contributed by atoms with Gasteiger partial charge in [-0.2, -0.15) is 0 Å². The standard InChI is InChI=1S/C20H27BN2O3/c1-13-8-7-9-17(23-13)14(2)24-18-12-15(10-11-16(18)22)21-25-19(3,4)20(5,6)26-21/h7-12,14H,22H2,1-6H3/t14-/m0/s1. The van der Waals surface area contributed by atoms with Gasteiger partial charge in [0.15, 0.2) is 0 Å². The quantitative estimate of drug-likeness (QED) is 0.673. The Kier molecular flexibility index (Phi) is 4.75. The molecule has 1 aliphatic rings. The van der Waals surface area contributed by atoms with Crippen molar-refractivity contribution in [3.63, 3.8) is 0 Å². The number of nitrogen functional groups attached to an aromatic ring is 1. The van der Waals surface area contributed by atoms with Crippen LogP contribution in [0, 0.1) is 6.92 Å². The lowest BCUT2D eigenvalue weighted by Crippen LogP contribution is -2.41. The predicted octanol–water partition coefficient (Wildman–Crippen LogP) is 3.41. The van der Waals surface area contributed by atoms with E-state index in [9.17, 15) is 0 Å². The molecule has 26 heavy (non-hydrogen) atoms. The third-order valence-electron chi connectivity index (χ3n) is 5.19. The highest BCUT2D eigenvalue weighted by molar-refractivity contribution is 6.62. The van der Waals surface area contributed by atoms with E-state index in [1.165, 1.54) is 0 Å². The first-order chi connectivity index (χ1) is 12.1. The van der Waals surface area contributed by atoms with Crippen molar-refractivity contribution < 1.29 is 14.0 Å². The molecule has 1 aromatic carbocycles. The van der Waals surface area contributed by atoms with Crippen LogP contribution in [0.25, 0.3) is 0 Å². The van der Waals surface area contributed by atoms with Gasteiger partial charge in [-0.25, -0.2) is 0 Å². The minimum atomic E-state index is -0.449. The summed E-state index contributed by atoms with van der Waals surface area (Å²) in [5, 5.41) is 0. The number of aryl methyl sites for hydroxylation is 1. The lowest BCUT2D eigenvalue weighted by Gasteiger charge is -2.32. The summed E-state index contributed by atoms with van der Waals surface area (Å²) in [6, 6.07) is 11.5. The van der Waals surface area contributed by atoms with Crippen molar-refractivity contribution in [2.75, 3.05) is 5.73 Å². The zero-order chi connectivity index (χ0) is 19.1. The third kappa shape index (κ3) is 3.57.